The average Bonchev–Trinajstić information content (AvgIpc) is 2.50. The molecule has 0 saturated carbocycles. The van der Waals surface area contributed by atoms with E-state index in [9.17, 15) is 4.79 Å². The number of carbonyl (C=O) groups excluding carboxylic acids is 1. The Morgan fingerprint density at radius 2 is 1.55 bits per heavy atom. The number of halogens is 2. The van der Waals surface area contributed by atoms with Crippen molar-refractivity contribution in [2.75, 3.05) is 7.05 Å². The highest BCUT2D eigenvalue weighted by atomic mass is 79.9. The van der Waals surface area contributed by atoms with E-state index in [2.05, 4.69) is 37.2 Å². The number of nitrogens with one attached hydrogen (secondary N) is 1. The van der Waals surface area contributed by atoms with Crippen molar-refractivity contribution in [2.45, 2.75) is 19.5 Å². The van der Waals surface area contributed by atoms with Gasteiger partial charge < -0.3 is 10.2 Å². The molecule has 0 aliphatic rings. The van der Waals surface area contributed by atoms with E-state index in [1.54, 1.807) is 11.9 Å². The highest BCUT2D eigenvalue weighted by Gasteiger charge is 2.13. The number of urea groups is 1. The maximum Gasteiger partial charge on any atom is 0.317 e. The van der Waals surface area contributed by atoms with Crippen molar-refractivity contribution in [3.8, 4) is 0 Å². The molecule has 116 valence electrons. The van der Waals surface area contributed by atoms with Crippen LogP contribution in [0.1, 0.15) is 24.1 Å². The van der Waals surface area contributed by atoms with Crippen molar-refractivity contribution in [2.24, 2.45) is 0 Å². The third-order valence-corrected chi connectivity index (χ3v) is 4.45. The van der Waals surface area contributed by atoms with Gasteiger partial charge in [0.1, 0.15) is 0 Å². The monoisotopic (exact) mass is 424 g/mol. The van der Waals surface area contributed by atoms with Gasteiger partial charge in [0, 0.05) is 22.5 Å². The molecule has 0 radical (unpaired) electrons. The first-order valence-corrected chi connectivity index (χ1v) is 8.56. The van der Waals surface area contributed by atoms with Crippen LogP contribution in [0.4, 0.5) is 4.79 Å². The summed E-state index contributed by atoms with van der Waals surface area (Å²) >= 11 is 6.82. The van der Waals surface area contributed by atoms with E-state index in [0.717, 1.165) is 20.1 Å². The minimum Gasteiger partial charge on any atom is -0.331 e. The second-order valence-electron chi connectivity index (χ2n) is 5.21. The Morgan fingerprint density at radius 3 is 2.09 bits per heavy atom. The Hall–Kier alpha value is -1.33. The number of carbonyl (C=O) groups is 1. The molecular formula is C17H18Br2N2O. The maximum atomic E-state index is 12.3. The Morgan fingerprint density at radius 1 is 1.05 bits per heavy atom. The van der Waals surface area contributed by atoms with Gasteiger partial charge in [-0.3, -0.25) is 0 Å². The van der Waals surface area contributed by atoms with Gasteiger partial charge in [-0.2, -0.15) is 0 Å². The molecule has 5 heteroatoms. The molecule has 0 heterocycles. The first-order chi connectivity index (χ1) is 10.5. The van der Waals surface area contributed by atoms with Crippen molar-refractivity contribution >= 4 is 37.9 Å². The quantitative estimate of drug-likeness (QED) is 0.724. The smallest absolute Gasteiger partial charge is 0.317 e. The highest BCUT2D eigenvalue weighted by molar-refractivity contribution is 9.10. The highest BCUT2D eigenvalue weighted by Crippen LogP contribution is 2.17. The molecule has 2 aromatic carbocycles. The molecule has 1 N–H and O–H groups in total. The fourth-order valence-corrected chi connectivity index (χ4v) is 2.59. The summed E-state index contributed by atoms with van der Waals surface area (Å²) in [5.41, 5.74) is 2.17. The van der Waals surface area contributed by atoms with Crippen LogP contribution in [0.25, 0.3) is 0 Å². The van der Waals surface area contributed by atoms with E-state index in [-0.39, 0.29) is 12.1 Å². The Labute approximate surface area is 148 Å². The van der Waals surface area contributed by atoms with E-state index in [1.807, 2.05) is 55.5 Å². The number of rotatable bonds is 4. The molecule has 3 nitrogen and oxygen atoms in total. The summed E-state index contributed by atoms with van der Waals surface area (Å²) < 4.78 is 2.06. The van der Waals surface area contributed by atoms with Gasteiger partial charge in [0.2, 0.25) is 0 Å². The summed E-state index contributed by atoms with van der Waals surface area (Å²) in [5.74, 6) is 0. The molecule has 22 heavy (non-hydrogen) atoms. The molecule has 0 saturated heterocycles. The zero-order chi connectivity index (χ0) is 16.1. The second kappa shape index (κ2) is 7.79. The Kier molecular flexibility index (Phi) is 6.03. The minimum atomic E-state index is -0.0849. The summed E-state index contributed by atoms with van der Waals surface area (Å²) in [6.07, 6.45) is 0. The molecule has 1 unspecified atom stereocenters. The van der Waals surface area contributed by atoms with E-state index < -0.39 is 0 Å². The van der Waals surface area contributed by atoms with Crippen molar-refractivity contribution in [3.05, 3.63) is 68.6 Å². The number of benzene rings is 2. The lowest BCUT2D eigenvalue weighted by Crippen LogP contribution is -2.38. The predicted molar refractivity (Wildman–Crippen MR) is 96.7 cm³/mol. The molecule has 2 rings (SSSR count). The lowest BCUT2D eigenvalue weighted by Gasteiger charge is -2.22. The van der Waals surface area contributed by atoms with Crippen LogP contribution in [0.3, 0.4) is 0 Å². The van der Waals surface area contributed by atoms with E-state index >= 15 is 0 Å². The standard InChI is InChI=1S/C17H18Br2N2O/c1-12(14-5-9-16(19)10-6-14)20-17(22)21(2)11-13-3-7-15(18)8-4-13/h3-10,12H,11H2,1-2H3,(H,20,22). The second-order valence-corrected chi connectivity index (χ2v) is 7.04. The van der Waals surface area contributed by atoms with E-state index in [0.29, 0.717) is 6.54 Å². The van der Waals surface area contributed by atoms with Crippen LogP contribution < -0.4 is 5.32 Å². The van der Waals surface area contributed by atoms with Gasteiger partial charge in [0.25, 0.3) is 0 Å². The van der Waals surface area contributed by atoms with Gasteiger partial charge in [-0.25, -0.2) is 4.79 Å². The Balaban J connectivity index is 1.93. The molecule has 0 aromatic heterocycles. The summed E-state index contributed by atoms with van der Waals surface area (Å²) in [4.78, 5) is 13.9. The minimum absolute atomic E-state index is 0.0343. The third kappa shape index (κ3) is 4.85. The molecule has 0 aliphatic heterocycles. The molecule has 0 fully saturated rings. The molecule has 1 atom stereocenters. The fraction of sp³-hybridized carbons (Fsp3) is 0.235. The SMILES string of the molecule is CC(NC(=O)N(C)Cc1ccc(Br)cc1)c1ccc(Br)cc1. The van der Waals surface area contributed by atoms with Crippen LogP contribution in [0.2, 0.25) is 0 Å². The van der Waals surface area contributed by atoms with Crippen molar-refractivity contribution in [3.63, 3.8) is 0 Å². The first kappa shape index (κ1) is 17.0. The fourth-order valence-electron chi connectivity index (χ4n) is 2.07. The van der Waals surface area contributed by atoms with E-state index in [1.165, 1.54) is 0 Å². The van der Waals surface area contributed by atoms with Gasteiger partial charge in [0.15, 0.2) is 0 Å². The number of hydrogen-bond donors (Lipinski definition) is 1. The number of hydrogen-bond acceptors (Lipinski definition) is 1. The number of nitrogens with zero attached hydrogens (tertiary/aromatic N) is 1. The molecule has 0 spiro atoms. The number of amides is 2. The summed E-state index contributed by atoms with van der Waals surface area (Å²) in [6.45, 7) is 2.56. The van der Waals surface area contributed by atoms with Crippen molar-refractivity contribution in [1.82, 2.24) is 10.2 Å². The topological polar surface area (TPSA) is 32.3 Å². The zero-order valence-corrected chi connectivity index (χ0v) is 15.7. The van der Waals surface area contributed by atoms with Gasteiger partial charge in [-0.05, 0) is 42.3 Å². The predicted octanol–water partition coefficient (Wildman–Crippen LogP) is 5.11. The summed E-state index contributed by atoms with van der Waals surface area (Å²) in [5, 5.41) is 3.01. The average molecular weight is 426 g/mol. The van der Waals surface area contributed by atoms with Crippen molar-refractivity contribution < 1.29 is 4.79 Å². The Bertz CT molecular complexity index is 626. The molecule has 2 aromatic rings. The molecular weight excluding hydrogens is 408 g/mol. The molecule has 2 amide bonds. The van der Waals surface area contributed by atoms with Gasteiger partial charge >= 0.3 is 6.03 Å². The largest absolute Gasteiger partial charge is 0.331 e. The van der Waals surface area contributed by atoms with Crippen LogP contribution in [-0.4, -0.2) is 18.0 Å². The summed E-state index contributed by atoms with van der Waals surface area (Å²) in [6, 6.07) is 15.8. The van der Waals surface area contributed by atoms with E-state index in [4.69, 9.17) is 0 Å². The maximum absolute atomic E-state index is 12.3. The van der Waals surface area contributed by atoms with Crippen LogP contribution in [0.5, 0.6) is 0 Å². The van der Waals surface area contributed by atoms with Crippen LogP contribution in [0.15, 0.2) is 57.5 Å². The lowest BCUT2D eigenvalue weighted by molar-refractivity contribution is 0.203. The van der Waals surface area contributed by atoms with Crippen molar-refractivity contribution in [1.29, 1.82) is 0 Å². The lowest BCUT2D eigenvalue weighted by atomic mass is 10.1. The van der Waals surface area contributed by atoms with Crippen LogP contribution in [0, 0.1) is 0 Å². The van der Waals surface area contributed by atoms with Crippen LogP contribution in [-0.2, 0) is 6.54 Å². The normalized spacial score (nSPS) is 11.8. The van der Waals surface area contributed by atoms with Gasteiger partial charge in [-0.15, -0.1) is 0 Å². The van der Waals surface area contributed by atoms with Gasteiger partial charge in [0.05, 0.1) is 6.04 Å². The zero-order valence-electron chi connectivity index (χ0n) is 12.5. The molecule has 0 aliphatic carbocycles. The summed E-state index contributed by atoms with van der Waals surface area (Å²) in [7, 11) is 1.80. The first-order valence-electron chi connectivity index (χ1n) is 6.97. The van der Waals surface area contributed by atoms with Crippen LogP contribution >= 0.6 is 31.9 Å². The van der Waals surface area contributed by atoms with Gasteiger partial charge in [-0.1, -0.05) is 56.1 Å². The molecule has 0 bridgehead atoms. The third-order valence-electron chi connectivity index (χ3n) is 3.39.